The Morgan fingerprint density at radius 1 is 1.18 bits per heavy atom. The first-order valence-electron chi connectivity index (χ1n) is 10.4. The number of aromatic hydroxyl groups is 2. The van der Waals surface area contributed by atoms with E-state index in [9.17, 15) is 19.8 Å². The van der Waals surface area contributed by atoms with Crippen molar-refractivity contribution in [2.45, 2.75) is 32.6 Å². The molecule has 33 heavy (non-hydrogen) atoms. The summed E-state index contributed by atoms with van der Waals surface area (Å²) in [7, 11) is 0. The zero-order valence-corrected chi connectivity index (χ0v) is 18.7. The quantitative estimate of drug-likeness (QED) is 0.183. The van der Waals surface area contributed by atoms with Crippen LogP contribution in [0, 0.1) is 0 Å². The number of aromatic nitrogens is 1. The number of carbonyl (C=O) groups is 2. The van der Waals surface area contributed by atoms with Gasteiger partial charge in [0.15, 0.2) is 11.5 Å². The maximum Gasteiger partial charge on any atom is 0.274 e. The van der Waals surface area contributed by atoms with Crippen molar-refractivity contribution in [3.05, 3.63) is 46.3 Å². The molecule has 0 radical (unpaired) electrons. The molecule has 3 rings (SSSR count). The molecular weight excluding hydrogens is 452 g/mol. The van der Waals surface area contributed by atoms with Gasteiger partial charge in [-0.3, -0.25) is 14.8 Å². The Labute approximate surface area is 194 Å². The molecule has 0 spiro atoms. The van der Waals surface area contributed by atoms with E-state index in [1.54, 1.807) is 12.4 Å². The van der Waals surface area contributed by atoms with E-state index in [-0.39, 0.29) is 40.0 Å². The van der Waals surface area contributed by atoms with Gasteiger partial charge in [-0.25, -0.2) is 5.48 Å². The van der Waals surface area contributed by atoms with Crippen LogP contribution in [-0.2, 0) is 4.79 Å². The molecule has 1 aliphatic carbocycles. The van der Waals surface area contributed by atoms with Gasteiger partial charge in [-0.05, 0) is 43.9 Å². The number of rotatable bonds is 9. The number of hydrogen-bond acceptors (Lipinski definition) is 8. The van der Waals surface area contributed by atoms with Gasteiger partial charge in [-0.15, -0.1) is 0 Å². The Morgan fingerprint density at radius 2 is 1.97 bits per heavy atom. The predicted molar refractivity (Wildman–Crippen MR) is 121 cm³/mol. The fraction of sp³-hybridized carbons (Fsp3) is 0.318. The number of hydroxylamine groups is 1. The smallest absolute Gasteiger partial charge is 0.274 e. The average molecular weight is 477 g/mol. The average Bonchev–Trinajstić information content (AvgIpc) is 3.24. The Hall–Kier alpha value is -3.50. The molecule has 0 bridgehead atoms. The first-order chi connectivity index (χ1) is 15.8. The van der Waals surface area contributed by atoms with Crippen LogP contribution in [-0.4, -0.2) is 45.5 Å². The SMILES string of the molecule is CCNC(=O)c1noc(-c2cc(Cl)c(O)cc2O)c1C1=CC=C(NCCCC(=O)NO)CC1. The lowest BCUT2D eigenvalue weighted by atomic mass is 9.91. The van der Waals surface area contributed by atoms with Gasteiger partial charge in [0.1, 0.15) is 11.5 Å². The molecule has 6 N–H and O–H groups in total. The Bertz CT molecular complexity index is 1110. The molecule has 0 aliphatic heterocycles. The number of halogens is 1. The van der Waals surface area contributed by atoms with Crippen molar-refractivity contribution >= 4 is 29.0 Å². The third kappa shape index (κ3) is 5.65. The monoisotopic (exact) mass is 476 g/mol. The van der Waals surface area contributed by atoms with Crippen molar-refractivity contribution < 1.29 is 29.5 Å². The third-order valence-electron chi connectivity index (χ3n) is 5.08. The first-order valence-corrected chi connectivity index (χ1v) is 10.8. The molecule has 1 aromatic heterocycles. The Balaban J connectivity index is 1.91. The number of nitrogens with zero attached hydrogens (tertiary/aromatic N) is 1. The van der Waals surface area contributed by atoms with E-state index < -0.39 is 11.8 Å². The number of phenolic OH excluding ortho intramolecular Hbond substituents is 2. The summed E-state index contributed by atoms with van der Waals surface area (Å²) >= 11 is 6.03. The van der Waals surface area contributed by atoms with E-state index in [1.165, 1.54) is 6.07 Å². The highest BCUT2D eigenvalue weighted by Crippen LogP contribution is 2.42. The summed E-state index contributed by atoms with van der Waals surface area (Å²) in [5.41, 5.74) is 4.06. The molecule has 1 heterocycles. The molecule has 10 nitrogen and oxygen atoms in total. The van der Waals surface area contributed by atoms with Crippen LogP contribution in [0.15, 0.2) is 34.5 Å². The van der Waals surface area contributed by atoms with E-state index in [1.807, 2.05) is 12.2 Å². The minimum absolute atomic E-state index is 0.0172. The zero-order valence-electron chi connectivity index (χ0n) is 17.9. The van der Waals surface area contributed by atoms with Gasteiger partial charge in [0.2, 0.25) is 5.91 Å². The van der Waals surface area contributed by atoms with E-state index in [2.05, 4.69) is 15.8 Å². The second-order valence-electron chi connectivity index (χ2n) is 7.36. The number of amides is 2. The van der Waals surface area contributed by atoms with E-state index in [0.717, 1.165) is 17.3 Å². The van der Waals surface area contributed by atoms with Gasteiger partial charge in [0, 0.05) is 31.3 Å². The first kappa shape index (κ1) is 24.1. The van der Waals surface area contributed by atoms with E-state index >= 15 is 0 Å². The van der Waals surface area contributed by atoms with Crippen LogP contribution in [0.4, 0.5) is 0 Å². The van der Waals surface area contributed by atoms with Crippen LogP contribution >= 0.6 is 11.6 Å². The molecule has 1 aromatic carbocycles. The maximum absolute atomic E-state index is 12.6. The fourth-order valence-electron chi connectivity index (χ4n) is 3.45. The Morgan fingerprint density at radius 3 is 2.64 bits per heavy atom. The predicted octanol–water partition coefficient (Wildman–Crippen LogP) is 3.09. The largest absolute Gasteiger partial charge is 0.507 e. The van der Waals surface area contributed by atoms with Crippen LogP contribution in [0.2, 0.25) is 5.02 Å². The fourth-order valence-corrected chi connectivity index (χ4v) is 3.61. The molecule has 2 aromatic rings. The van der Waals surface area contributed by atoms with Crippen molar-refractivity contribution in [3.8, 4) is 22.8 Å². The van der Waals surface area contributed by atoms with Gasteiger partial charge in [-0.1, -0.05) is 22.8 Å². The molecule has 0 atom stereocenters. The maximum atomic E-state index is 12.6. The van der Waals surface area contributed by atoms with Crippen molar-refractivity contribution in [1.29, 1.82) is 0 Å². The van der Waals surface area contributed by atoms with E-state index in [4.69, 9.17) is 21.3 Å². The third-order valence-corrected chi connectivity index (χ3v) is 5.38. The van der Waals surface area contributed by atoms with Gasteiger partial charge >= 0.3 is 0 Å². The summed E-state index contributed by atoms with van der Waals surface area (Å²) in [6.45, 7) is 2.75. The molecular formula is C22H25ClN4O6. The second kappa shape index (κ2) is 10.9. The van der Waals surface area contributed by atoms with Gasteiger partial charge in [0.25, 0.3) is 5.91 Å². The highest BCUT2D eigenvalue weighted by molar-refractivity contribution is 6.32. The summed E-state index contributed by atoms with van der Waals surface area (Å²) in [5.74, 6) is -1.23. The van der Waals surface area contributed by atoms with Crippen LogP contribution in [0.1, 0.15) is 48.7 Å². The Kier molecular flexibility index (Phi) is 7.96. The minimum Gasteiger partial charge on any atom is -0.507 e. The standard InChI is InChI=1S/C22H25ClN4O6/c1-2-24-22(31)20-19(21(33-27-20)14-10-15(23)17(29)11-16(14)28)12-5-7-13(8-6-12)25-9-3-4-18(30)26-32/h5,7,10-11,25,28-29,32H,2-4,6,8-9H2,1H3,(H,24,31)(H,26,30). The molecule has 11 heteroatoms. The molecule has 0 saturated heterocycles. The second-order valence-corrected chi connectivity index (χ2v) is 7.77. The normalized spacial score (nSPS) is 13.2. The van der Waals surface area contributed by atoms with Crippen molar-refractivity contribution in [2.75, 3.05) is 13.1 Å². The minimum atomic E-state index is -0.438. The number of carbonyl (C=O) groups excluding carboxylic acids is 2. The summed E-state index contributed by atoms with van der Waals surface area (Å²) in [5, 5.41) is 38.6. The summed E-state index contributed by atoms with van der Waals surface area (Å²) < 4.78 is 5.47. The van der Waals surface area contributed by atoms with Crippen LogP contribution in [0.25, 0.3) is 16.9 Å². The lowest BCUT2D eigenvalue weighted by molar-refractivity contribution is -0.129. The molecule has 2 amide bonds. The number of hydrogen-bond donors (Lipinski definition) is 6. The highest BCUT2D eigenvalue weighted by Gasteiger charge is 2.28. The van der Waals surface area contributed by atoms with Gasteiger partial charge < -0.3 is 25.4 Å². The zero-order chi connectivity index (χ0) is 24.0. The number of nitrogens with one attached hydrogen (secondary N) is 3. The lowest BCUT2D eigenvalue weighted by Crippen LogP contribution is -2.24. The van der Waals surface area contributed by atoms with Crippen molar-refractivity contribution in [1.82, 2.24) is 21.3 Å². The number of phenols is 2. The molecule has 0 saturated carbocycles. The number of allylic oxidation sites excluding steroid dienone is 4. The van der Waals surface area contributed by atoms with Gasteiger partial charge in [-0.2, -0.15) is 0 Å². The molecule has 0 unspecified atom stereocenters. The topological polar surface area (TPSA) is 157 Å². The van der Waals surface area contributed by atoms with Gasteiger partial charge in [0.05, 0.1) is 16.1 Å². The van der Waals surface area contributed by atoms with Crippen LogP contribution < -0.4 is 16.1 Å². The summed E-state index contributed by atoms with van der Waals surface area (Å²) in [6.07, 6.45) is 5.66. The molecule has 1 aliphatic rings. The van der Waals surface area contributed by atoms with Crippen molar-refractivity contribution in [2.24, 2.45) is 0 Å². The highest BCUT2D eigenvalue weighted by atomic mass is 35.5. The molecule has 176 valence electrons. The summed E-state index contributed by atoms with van der Waals surface area (Å²) in [4.78, 5) is 23.7. The van der Waals surface area contributed by atoms with Crippen molar-refractivity contribution in [3.63, 3.8) is 0 Å². The molecule has 0 fully saturated rings. The van der Waals surface area contributed by atoms with Crippen LogP contribution in [0.5, 0.6) is 11.5 Å². The lowest BCUT2D eigenvalue weighted by Gasteiger charge is -2.17. The summed E-state index contributed by atoms with van der Waals surface area (Å²) in [6, 6.07) is 2.45. The number of benzene rings is 1. The van der Waals surface area contributed by atoms with E-state index in [0.29, 0.717) is 37.9 Å². The van der Waals surface area contributed by atoms with Crippen LogP contribution in [0.3, 0.4) is 0 Å².